The van der Waals surface area contributed by atoms with Crippen LogP contribution in [0.5, 0.6) is 0 Å². The van der Waals surface area contributed by atoms with Gasteiger partial charge in [-0.05, 0) is 0 Å². The number of phosphoric ester groups is 1. The highest BCUT2D eigenvalue weighted by Gasteiger charge is 2.13. The van der Waals surface area contributed by atoms with E-state index in [0.717, 1.165) is 0 Å². The summed E-state index contributed by atoms with van der Waals surface area (Å²) in [6.45, 7) is -0.434. The lowest BCUT2D eigenvalue weighted by Gasteiger charge is -2.02. The zero-order valence-corrected chi connectivity index (χ0v) is 6.32. The molecule has 0 aliphatic carbocycles. The third kappa shape index (κ3) is 7.44. The first-order valence-electron chi connectivity index (χ1n) is 2.59. The molecule has 11 heavy (non-hydrogen) atoms. The van der Waals surface area contributed by atoms with Gasteiger partial charge in [0.2, 0.25) is 5.91 Å². The second-order valence-corrected chi connectivity index (χ2v) is 2.85. The number of hydroxylamine groups is 1. The van der Waals surface area contributed by atoms with E-state index in [0.29, 0.717) is 0 Å². The van der Waals surface area contributed by atoms with E-state index in [1.807, 2.05) is 0 Å². The lowest BCUT2D eigenvalue weighted by molar-refractivity contribution is -0.129. The Bertz CT molecular complexity index is 175. The van der Waals surface area contributed by atoms with E-state index in [1.165, 1.54) is 5.48 Å². The average Bonchev–Trinajstić information content (AvgIpc) is 1.85. The van der Waals surface area contributed by atoms with Crippen molar-refractivity contribution in [3.63, 3.8) is 0 Å². The molecule has 0 aromatic rings. The molecule has 4 N–H and O–H groups in total. The summed E-state index contributed by atoms with van der Waals surface area (Å²) in [5, 5.41) is 7.92. The van der Waals surface area contributed by atoms with Gasteiger partial charge in [-0.2, -0.15) is 0 Å². The van der Waals surface area contributed by atoms with Gasteiger partial charge in [0, 0.05) is 0 Å². The first-order chi connectivity index (χ1) is 4.95. The van der Waals surface area contributed by atoms with Crippen LogP contribution in [-0.2, 0) is 13.9 Å². The average molecular weight is 185 g/mol. The molecule has 0 fully saturated rings. The van der Waals surface area contributed by atoms with Crippen molar-refractivity contribution in [1.29, 1.82) is 0 Å². The van der Waals surface area contributed by atoms with E-state index in [-0.39, 0.29) is 6.42 Å². The molecule has 0 saturated heterocycles. The summed E-state index contributed by atoms with van der Waals surface area (Å²) in [6.07, 6.45) is -0.304. The monoisotopic (exact) mass is 185 g/mol. The Morgan fingerprint density at radius 1 is 1.55 bits per heavy atom. The molecule has 0 heterocycles. The summed E-state index contributed by atoms with van der Waals surface area (Å²) in [4.78, 5) is 26.4. The first kappa shape index (κ1) is 10.5. The van der Waals surface area contributed by atoms with Crippen LogP contribution in [0.4, 0.5) is 0 Å². The van der Waals surface area contributed by atoms with E-state index in [2.05, 4.69) is 4.52 Å². The highest BCUT2D eigenvalue weighted by Crippen LogP contribution is 2.35. The van der Waals surface area contributed by atoms with Gasteiger partial charge in [-0.3, -0.25) is 14.5 Å². The maximum Gasteiger partial charge on any atom is 0.469 e. The summed E-state index contributed by atoms with van der Waals surface area (Å²) >= 11 is 0. The van der Waals surface area contributed by atoms with Crippen molar-refractivity contribution in [2.24, 2.45) is 0 Å². The Balaban J connectivity index is 3.43. The number of amides is 1. The van der Waals surface area contributed by atoms with Crippen molar-refractivity contribution in [2.75, 3.05) is 6.61 Å². The number of rotatable bonds is 4. The van der Waals surface area contributed by atoms with Crippen LogP contribution in [-0.4, -0.2) is 27.5 Å². The second-order valence-electron chi connectivity index (χ2n) is 1.61. The van der Waals surface area contributed by atoms with E-state index in [4.69, 9.17) is 15.0 Å². The quantitative estimate of drug-likeness (QED) is 0.253. The summed E-state index contributed by atoms with van der Waals surface area (Å²) < 4.78 is 13.9. The molecule has 0 aromatic heterocycles. The van der Waals surface area contributed by atoms with Gasteiger partial charge in [-0.15, -0.1) is 0 Å². The van der Waals surface area contributed by atoms with Crippen molar-refractivity contribution in [3.05, 3.63) is 0 Å². The number of phosphoric acid groups is 1. The first-order valence-corrected chi connectivity index (χ1v) is 4.12. The van der Waals surface area contributed by atoms with Crippen LogP contribution in [0.1, 0.15) is 6.42 Å². The zero-order valence-electron chi connectivity index (χ0n) is 5.43. The van der Waals surface area contributed by atoms with Crippen LogP contribution in [0.3, 0.4) is 0 Å². The molecule has 0 atom stereocenters. The molecule has 0 rings (SSSR count). The molecule has 0 unspecified atom stereocenters. The van der Waals surface area contributed by atoms with Gasteiger partial charge in [0.25, 0.3) is 0 Å². The molecule has 0 spiro atoms. The van der Waals surface area contributed by atoms with E-state index < -0.39 is 20.3 Å². The van der Waals surface area contributed by atoms with Gasteiger partial charge < -0.3 is 9.79 Å². The minimum atomic E-state index is -4.49. The lowest BCUT2D eigenvalue weighted by Crippen LogP contribution is -2.19. The van der Waals surface area contributed by atoms with Crippen molar-refractivity contribution in [2.45, 2.75) is 6.42 Å². The van der Waals surface area contributed by atoms with E-state index in [9.17, 15) is 9.36 Å². The zero-order chi connectivity index (χ0) is 8.91. The van der Waals surface area contributed by atoms with Crippen LogP contribution in [0.2, 0.25) is 0 Å². The molecule has 0 bridgehead atoms. The summed E-state index contributed by atoms with van der Waals surface area (Å²) in [5.74, 6) is -0.765. The fourth-order valence-corrected chi connectivity index (χ4v) is 0.642. The number of nitrogens with one attached hydrogen (secondary N) is 1. The molecular formula is C3H8NO6P. The SMILES string of the molecule is O=C(CCOP(=O)(O)O)NO. The van der Waals surface area contributed by atoms with Crippen LogP contribution < -0.4 is 5.48 Å². The molecule has 0 saturated carbocycles. The molecular weight excluding hydrogens is 177 g/mol. The maximum atomic E-state index is 10.2. The largest absolute Gasteiger partial charge is 0.469 e. The molecule has 1 amide bonds. The fraction of sp³-hybridized carbons (Fsp3) is 0.667. The summed E-state index contributed by atoms with van der Waals surface area (Å²) in [6, 6.07) is 0. The van der Waals surface area contributed by atoms with Crippen LogP contribution in [0.15, 0.2) is 0 Å². The minimum Gasteiger partial charge on any atom is -0.303 e. The van der Waals surface area contributed by atoms with Crippen LogP contribution in [0, 0.1) is 0 Å². The Kier molecular flexibility index (Phi) is 4.24. The van der Waals surface area contributed by atoms with Crippen molar-refractivity contribution >= 4 is 13.7 Å². The molecule has 7 nitrogen and oxygen atoms in total. The van der Waals surface area contributed by atoms with Crippen molar-refractivity contribution in [1.82, 2.24) is 5.48 Å². The Hall–Kier alpha value is -0.460. The molecule has 0 aliphatic rings. The van der Waals surface area contributed by atoms with Crippen LogP contribution >= 0.6 is 7.82 Å². The van der Waals surface area contributed by atoms with Gasteiger partial charge in [0.15, 0.2) is 0 Å². The third-order valence-electron chi connectivity index (χ3n) is 0.713. The predicted octanol–water partition coefficient (Wildman–Crippen LogP) is -1.01. The number of carbonyl (C=O) groups is 1. The van der Waals surface area contributed by atoms with Crippen LogP contribution in [0.25, 0.3) is 0 Å². The van der Waals surface area contributed by atoms with Crippen molar-refractivity contribution in [3.8, 4) is 0 Å². The van der Waals surface area contributed by atoms with Gasteiger partial charge in [0.05, 0.1) is 13.0 Å². The minimum absolute atomic E-state index is 0.304. The maximum absolute atomic E-state index is 10.2. The van der Waals surface area contributed by atoms with Gasteiger partial charge >= 0.3 is 7.82 Å². The number of hydrogen-bond donors (Lipinski definition) is 4. The summed E-state index contributed by atoms with van der Waals surface area (Å²) in [5.41, 5.74) is 1.28. The number of carbonyl (C=O) groups excluding carboxylic acids is 1. The smallest absolute Gasteiger partial charge is 0.303 e. The normalized spacial score (nSPS) is 11.2. The van der Waals surface area contributed by atoms with Gasteiger partial charge in [-0.25, -0.2) is 10.0 Å². The third-order valence-corrected chi connectivity index (χ3v) is 1.23. The second kappa shape index (κ2) is 4.42. The predicted molar refractivity (Wildman–Crippen MR) is 32.5 cm³/mol. The lowest BCUT2D eigenvalue weighted by atomic mass is 10.4. The van der Waals surface area contributed by atoms with Gasteiger partial charge in [-0.1, -0.05) is 0 Å². The highest BCUT2D eigenvalue weighted by atomic mass is 31.2. The van der Waals surface area contributed by atoms with Crippen molar-refractivity contribution < 1.29 is 28.9 Å². The molecule has 8 heteroatoms. The molecule has 0 radical (unpaired) electrons. The van der Waals surface area contributed by atoms with E-state index in [1.54, 1.807) is 0 Å². The molecule has 0 aromatic carbocycles. The Labute approximate surface area is 62.2 Å². The topological polar surface area (TPSA) is 116 Å². The Morgan fingerprint density at radius 2 is 2.09 bits per heavy atom. The number of hydrogen-bond acceptors (Lipinski definition) is 4. The molecule has 66 valence electrons. The molecule has 0 aliphatic heterocycles. The Morgan fingerprint density at radius 3 is 2.45 bits per heavy atom. The summed E-state index contributed by atoms with van der Waals surface area (Å²) in [7, 11) is -4.49. The fourth-order valence-electron chi connectivity index (χ4n) is 0.313. The van der Waals surface area contributed by atoms with Gasteiger partial charge in [0.1, 0.15) is 0 Å². The highest BCUT2D eigenvalue weighted by molar-refractivity contribution is 7.46. The standard InChI is InChI=1S/C3H8NO6P/c5-3(4-6)1-2-10-11(7,8)9/h6H,1-2H2,(H,4,5)(H2,7,8,9). The van der Waals surface area contributed by atoms with E-state index >= 15 is 0 Å².